The summed E-state index contributed by atoms with van der Waals surface area (Å²) in [5, 5.41) is 0. The highest BCUT2D eigenvalue weighted by molar-refractivity contribution is 5.53. The van der Waals surface area contributed by atoms with E-state index in [2.05, 4.69) is 29.8 Å². The third kappa shape index (κ3) is 3.10. The second-order valence-corrected chi connectivity index (χ2v) is 6.44. The number of pyridine rings is 1. The number of aryl methyl sites for hydroxylation is 2. The van der Waals surface area contributed by atoms with E-state index in [1.54, 1.807) is 12.4 Å². The fraction of sp³-hybridized carbons (Fsp3) is 0.333. The van der Waals surface area contributed by atoms with Gasteiger partial charge >= 0.3 is 0 Å². The Bertz CT molecular complexity index is 940. The van der Waals surface area contributed by atoms with Crippen LogP contribution in [0.5, 0.6) is 0 Å². The normalized spacial score (nSPS) is 14.5. The second kappa shape index (κ2) is 6.25. The number of imidazole rings is 1. The molecule has 0 fully saturated rings. The molecule has 3 aromatic rings. The van der Waals surface area contributed by atoms with Crippen LogP contribution in [0.3, 0.4) is 0 Å². The zero-order chi connectivity index (χ0) is 17.4. The summed E-state index contributed by atoms with van der Waals surface area (Å²) in [6.45, 7) is 6.16. The van der Waals surface area contributed by atoms with Crippen molar-refractivity contribution in [3.63, 3.8) is 0 Å². The molecule has 25 heavy (non-hydrogen) atoms. The summed E-state index contributed by atoms with van der Waals surface area (Å²) in [6, 6.07) is 3.73. The highest BCUT2D eigenvalue weighted by Gasteiger charge is 2.22. The van der Waals surface area contributed by atoms with Crippen molar-refractivity contribution in [2.75, 3.05) is 6.54 Å². The maximum atomic E-state index is 12.5. The Labute approximate surface area is 145 Å². The summed E-state index contributed by atoms with van der Waals surface area (Å²) in [4.78, 5) is 34.2. The molecule has 0 atom stereocenters. The highest BCUT2D eigenvalue weighted by Crippen LogP contribution is 2.19. The average Bonchev–Trinajstić information content (AvgIpc) is 2.93. The highest BCUT2D eigenvalue weighted by atomic mass is 16.1. The van der Waals surface area contributed by atoms with Crippen LogP contribution >= 0.6 is 0 Å². The molecule has 3 aromatic heterocycles. The summed E-state index contributed by atoms with van der Waals surface area (Å²) in [7, 11) is 0. The largest absolute Gasteiger partial charge is 0.345 e. The standard InChI is InChI=1S/C18H20N6O/c1-11-12(2)21-16(20-11)10-24-7-5-15-14(9-24)18(25)23-17(22-15)13-4-3-6-19-8-13/h3-4,6,8H,5,7,9-10H2,1-2H3,(H,20,21)(H,22,23,25). The van der Waals surface area contributed by atoms with Crippen molar-refractivity contribution >= 4 is 0 Å². The predicted octanol–water partition coefficient (Wildman–Crippen LogP) is 1.73. The fourth-order valence-electron chi connectivity index (χ4n) is 3.16. The minimum atomic E-state index is -0.0691. The van der Waals surface area contributed by atoms with Gasteiger partial charge < -0.3 is 9.97 Å². The number of fused-ring (bicyclic) bond motifs is 1. The van der Waals surface area contributed by atoms with Crippen LogP contribution in [0.15, 0.2) is 29.3 Å². The monoisotopic (exact) mass is 336 g/mol. The van der Waals surface area contributed by atoms with Crippen LogP contribution in [0.4, 0.5) is 0 Å². The molecule has 0 radical (unpaired) electrons. The van der Waals surface area contributed by atoms with Crippen molar-refractivity contribution in [2.45, 2.75) is 33.4 Å². The molecule has 0 saturated heterocycles. The Balaban J connectivity index is 1.58. The number of nitrogens with one attached hydrogen (secondary N) is 2. The molecule has 0 aromatic carbocycles. The first-order valence-corrected chi connectivity index (χ1v) is 8.37. The van der Waals surface area contributed by atoms with Crippen LogP contribution in [0.25, 0.3) is 11.4 Å². The molecule has 4 rings (SSSR count). The van der Waals surface area contributed by atoms with Crippen LogP contribution in [0.2, 0.25) is 0 Å². The van der Waals surface area contributed by atoms with Gasteiger partial charge in [0.25, 0.3) is 5.56 Å². The predicted molar refractivity (Wildman–Crippen MR) is 94.0 cm³/mol. The number of nitrogens with zero attached hydrogens (tertiary/aromatic N) is 4. The molecule has 0 amide bonds. The lowest BCUT2D eigenvalue weighted by molar-refractivity contribution is 0.236. The van der Waals surface area contributed by atoms with Gasteiger partial charge in [-0.1, -0.05) is 0 Å². The molecule has 1 aliphatic heterocycles. The van der Waals surface area contributed by atoms with E-state index in [1.165, 1.54) is 0 Å². The molecule has 0 bridgehead atoms. The molecule has 0 aliphatic carbocycles. The number of hydrogen-bond donors (Lipinski definition) is 2. The molecule has 0 unspecified atom stereocenters. The van der Waals surface area contributed by atoms with Crippen molar-refractivity contribution in [1.82, 2.24) is 29.8 Å². The van der Waals surface area contributed by atoms with Gasteiger partial charge in [-0.05, 0) is 26.0 Å². The summed E-state index contributed by atoms with van der Waals surface area (Å²) < 4.78 is 0. The maximum absolute atomic E-state index is 12.5. The molecule has 128 valence electrons. The van der Waals surface area contributed by atoms with E-state index in [-0.39, 0.29) is 5.56 Å². The molecular weight excluding hydrogens is 316 g/mol. The Morgan fingerprint density at radius 2 is 2.12 bits per heavy atom. The third-order valence-corrected chi connectivity index (χ3v) is 4.63. The second-order valence-electron chi connectivity index (χ2n) is 6.44. The summed E-state index contributed by atoms with van der Waals surface area (Å²) in [5.41, 5.74) is 4.50. The maximum Gasteiger partial charge on any atom is 0.255 e. The number of aromatic amines is 2. The zero-order valence-electron chi connectivity index (χ0n) is 14.3. The summed E-state index contributed by atoms with van der Waals surface area (Å²) in [5.74, 6) is 1.53. The van der Waals surface area contributed by atoms with E-state index in [0.29, 0.717) is 18.9 Å². The van der Waals surface area contributed by atoms with Crippen molar-refractivity contribution in [1.29, 1.82) is 0 Å². The molecule has 0 saturated carbocycles. The van der Waals surface area contributed by atoms with Crippen LogP contribution < -0.4 is 5.56 Å². The molecule has 7 heteroatoms. The van der Waals surface area contributed by atoms with Gasteiger partial charge in [-0.3, -0.25) is 14.7 Å². The lowest BCUT2D eigenvalue weighted by atomic mass is 10.1. The van der Waals surface area contributed by atoms with Gasteiger partial charge in [0.15, 0.2) is 0 Å². The van der Waals surface area contributed by atoms with Crippen molar-refractivity contribution in [3.05, 3.63) is 63.3 Å². The van der Waals surface area contributed by atoms with E-state index in [1.807, 2.05) is 26.0 Å². The van der Waals surface area contributed by atoms with Crippen LogP contribution in [0.1, 0.15) is 28.5 Å². The lowest BCUT2D eigenvalue weighted by Gasteiger charge is -2.26. The molecular formula is C18H20N6O. The SMILES string of the molecule is Cc1nc(CN2CCc3nc(-c4cccnc4)[nH]c(=O)c3C2)[nH]c1C. The van der Waals surface area contributed by atoms with Gasteiger partial charge in [0.1, 0.15) is 11.6 Å². The fourth-order valence-corrected chi connectivity index (χ4v) is 3.16. The smallest absolute Gasteiger partial charge is 0.255 e. The Kier molecular flexibility index (Phi) is 3.93. The van der Waals surface area contributed by atoms with Gasteiger partial charge in [-0.2, -0.15) is 0 Å². The molecule has 7 nitrogen and oxygen atoms in total. The van der Waals surface area contributed by atoms with Crippen LogP contribution in [-0.2, 0) is 19.5 Å². The zero-order valence-corrected chi connectivity index (χ0v) is 14.3. The van der Waals surface area contributed by atoms with Gasteiger partial charge in [0, 0.05) is 43.2 Å². The third-order valence-electron chi connectivity index (χ3n) is 4.63. The van der Waals surface area contributed by atoms with Gasteiger partial charge in [-0.25, -0.2) is 9.97 Å². The first kappa shape index (κ1) is 15.7. The van der Waals surface area contributed by atoms with E-state index >= 15 is 0 Å². The molecule has 0 spiro atoms. The Hall–Kier alpha value is -2.80. The lowest BCUT2D eigenvalue weighted by Crippen LogP contribution is -2.35. The van der Waals surface area contributed by atoms with Gasteiger partial charge in [0.05, 0.1) is 23.5 Å². The number of rotatable bonds is 3. The number of H-pyrrole nitrogens is 2. The molecule has 1 aliphatic rings. The minimum Gasteiger partial charge on any atom is -0.345 e. The van der Waals surface area contributed by atoms with Gasteiger partial charge in [0.2, 0.25) is 0 Å². The van der Waals surface area contributed by atoms with Crippen LogP contribution in [0, 0.1) is 13.8 Å². The molecule has 2 N–H and O–H groups in total. The minimum absolute atomic E-state index is 0.0691. The van der Waals surface area contributed by atoms with E-state index in [9.17, 15) is 4.79 Å². The Morgan fingerprint density at radius 1 is 1.24 bits per heavy atom. The first-order chi connectivity index (χ1) is 12.1. The van der Waals surface area contributed by atoms with Crippen molar-refractivity contribution in [3.8, 4) is 11.4 Å². The quantitative estimate of drug-likeness (QED) is 0.760. The van der Waals surface area contributed by atoms with E-state index < -0.39 is 0 Å². The summed E-state index contributed by atoms with van der Waals surface area (Å²) >= 11 is 0. The van der Waals surface area contributed by atoms with Crippen molar-refractivity contribution < 1.29 is 0 Å². The average molecular weight is 336 g/mol. The summed E-state index contributed by atoms with van der Waals surface area (Å²) in [6.07, 6.45) is 4.17. The molecule has 4 heterocycles. The number of hydrogen-bond acceptors (Lipinski definition) is 5. The van der Waals surface area contributed by atoms with E-state index in [0.717, 1.165) is 47.0 Å². The first-order valence-electron chi connectivity index (χ1n) is 8.37. The number of aromatic nitrogens is 5. The topological polar surface area (TPSA) is 90.6 Å². The Morgan fingerprint density at radius 3 is 2.84 bits per heavy atom. The van der Waals surface area contributed by atoms with Crippen molar-refractivity contribution in [2.24, 2.45) is 0 Å². The van der Waals surface area contributed by atoms with Gasteiger partial charge in [-0.15, -0.1) is 0 Å². The van der Waals surface area contributed by atoms with E-state index in [4.69, 9.17) is 0 Å². The van der Waals surface area contributed by atoms with Crippen LogP contribution in [-0.4, -0.2) is 36.4 Å².